The third kappa shape index (κ3) is 5.38. The van der Waals surface area contributed by atoms with Crippen molar-refractivity contribution in [2.45, 2.75) is 13.5 Å². The van der Waals surface area contributed by atoms with Gasteiger partial charge in [0.1, 0.15) is 0 Å². The summed E-state index contributed by atoms with van der Waals surface area (Å²) < 4.78 is 2.60. The molecule has 0 fully saturated rings. The summed E-state index contributed by atoms with van der Waals surface area (Å²) >= 11 is 14.7. The Labute approximate surface area is 175 Å². The molecule has 0 atom stereocenters. The van der Waals surface area contributed by atoms with Gasteiger partial charge in [0, 0.05) is 22.5 Å². The number of benzene rings is 2. The zero-order valence-corrected chi connectivity index (χ0v) is 17.5. The van der Waals surface area contributed by atoms with E-state index in [1.165, 1.54) is 6.92 Å². The number of carbonyl (C=O) groups excluding carboxylic acids is 1. The molecular weight excluding hydrogens is 448 g/mol. The van der Waals surface area contributed by atoms with Gasteiger partial charge in [-0.15, -0.1) is 0 Å². The van der Waals surface area contributed by atoms with Crippen LogP contribution in [0.3, 0.4) is 0 Å². The number of halogens is 2. The molecule has 27 heavy (non-hydrogen) atoms. The maximum absolute atomic E-state index is 11.3. The van der Waals surface area contributed by atoms with Gasteiger partial charge in [0.05, 0.1) is 11.0 Å². The second-order valence-electron chi connectivity index (χ2n) is 5.86. The molecule has 1 aromatic heterocycles. The van der Waals surface area contributed by atoms with Crippen LogP contribution in [0.1, 0.15) is 22.8 Å². The average Bonchev–Trinajstić information content (AvgIpc) is 2.96. The van der Waals surface area contributed by atoms with Gasteiger partial charge in [-0.3, -0.25) is 9.48 Å². The molecular formula is C19H16BrClN4OS. The van der Waals surface area contributed by atoms with Gasteiger partial charge in [0.2, 0.25) is 0 Å². The van der Waals surface area contributed by atoms with Crippen molar-refractivity contribution in [1.29, 1.82) is 0 Å². The Morgan fingerprint density at radius 2 is 1.81 bits per heavy atom. The van der Waals surface area contributed by atoms with Gasteiger partial charge in [-0.1, -0.05) is 23.7 Å². The second kappa shape index (κ2) is 8.65. The molecule has 0 saturated heterocycles. The normalized spacial score (nSPS) is 10.5. The second-order valence-corrected chi connectivity index (χ2v) is 7.56. The monoisotopic (exact) mass is 462 g/mol. The molecule has 3 rings (SSSR count). The molecule has 5 nitrogen and oxygen atoms in total. The van der Waals surface area contributed by atoms with Crippen LogP contribution >= 0.6 is 39.7 Å². The van der Waals surface area contributed by atoms with E-state index in [1.807, 2.05) is 30.5 Å². The van der Waals surface area contributed by atoms with E-state index in [9.17, 15) is 4.79 Å². The Balaban J connectivity index is 1.63. The van der Waals surface area contributed by atoms with Crippen molar-refractivity contribution < 1.29 is 4.79 Å². The Morgan fingerprint density at radius 1 is 1.15 bits per heavy atom. The molecule has 0 unspecified atom stereocenters. The molecule has 0 aliphatic heterocycles. The first-order valence-electron chi connectivity index (χ1n) is 8.07. The zero-order chi connectivity index (χ0) is 19.4. The van der Waals surface area contributed by atoms with Crippen LogP contribution in [-0.2, 0) is 6.54 Å². The van der Waals surface area contributed by atoms with Gasteiger partial charge in [-0.2, -0.15) is 5.10 Å². The fraction of sp³-hybridized carbons (Fsp3) is 0.105. The molecule has 0 aliphatic rings. The Hall–Kier alpha value is -2.22. The van der Waals surface area contributed by atoms with E-state index in [0.29, 0.717) is 28.1 Å². The predicted octanol–water partition coefficient (Wildman–Crippen LogP) is 5.36. The van der Waals surface area contributed by atoms with Crippen LogP contribution in [0.4, 0.5) is 11.5 Å². The third-order valence-corrected chi connectivity index (χ3v) is 4.79. The molecule has 2 N–H and O–H groups in total. The van der Waals surface area contributed by atoms with Crippen molar-refractivity contribution in [1.82, 2.24) is 9.78 Å². The van der Waals surface area contributed by atoms with E-state index in [1.54, 1.807) is 28.9 Å². The molecule has 3 aromatic rings. The predicted molar refractivity (Wildman–Crippen MR) is 117 cm³/mol. The molecule has 0 bridgehead atoms. The van der Waals surface area contributed by atoms with E-state index in [2.05, 4.69) is 31.7 Å². The number of nitrogens with one attached hydrogen (secondary N) is 2. The minimum atomic E-state index is 0.0254. The highest BCUT2D eigenvalue weighted by atomic mass is 79.9. The van der Waals surface area contributed by atoms with Crippen molar-refractivity contribution in [2.24, 2.45) is 0 Å². The fourth-order valence-electron chi connectivity index (χ4n) is 2.40. The number of ketones is 1. The first-order valence-corrected chi connectivity index (χ1v) is 9.65. The van der Waals surface area contributed by atoms with Gasteiger partial charge in [-0.25, -0.2) is 0 Å². The smallest absolute Gasteiger partial charge is 0.176 e. The standard InChI is InChI=1S/C19H16BrClN4OS/c1-12(26)14-4-8-16(9-5-14)22-19(27)23-18-17(20)11-25(24-18)10-13-2-6-15(21)7-3-13/h2-9,11H,10H2,1H3,(H2,22,23,24,27). The van der Waals surface area contributed by atoms with E-state index >= 15 is 0 Å². The zero-order valence-electron chi connectivity index (χ0n) is 14.4. The summed E-state index contributed by atoms with van der Waals surface area (Å²) in [5, 5.41) is 11.7. The van der Waals surface area contributed by atoms with E-state index in [-0.39, 0.29) is 5.78 Å². The van der Waals surface area contributed by atoms with Crippen LogP contribution in [0, 0.1) is 0 Å². The number of rotatable bonds is 5. The number of hydrogen-bond acceptors (Lipinski definition) is 3. The van der Waals surface area contributed by atoms with Crippen LogP contribution in [-0.4, -0.2) is 20.7 Å². The Kier molecular flexibility index (Phi) is 6.26. The first-order chi connectivity index (χ1) is 12.9. The summed E-state index contributed by atoms with van der Waals surface area (Å²) in [4.78, 5) is 11.3. The van der Waals surface area contributed by atoms with Crippen molar-refractivity contribution in [3.05, 3.63) is 75.4 Å². The summed E-state index contributed by atoms with van der Waals surface area (Å²) in [6.07, 6.45) is 1.88. The molecule has 1 heterocycles. The quantitative estimate of drug-likeness (QED) is 0.394. The van der Waals surface area contributed by atoms with Crippen molar-refractivity contribution in [3.63, 3.8) is 0 Å². The summed E-state index contributed by atoms with van der Waals surface area (Å²) in [7, 11) is 0. The summed E-state index contributed by atoms with van der Waals surface area (Å²) in [5.41, 5.74) is 2.53. The fourth-order valence-corrected chi connectivity index (χ4v) is 3.15. The maximum atomic E-state index is 11.3. The molecule has 2 aromatic carbocycles. The Bertz CT molecular complexity index is 970. The third-order valence-electron chi connectivity index (χ3n) is 3.76. The van der Waals surface area contributed by atoms with Gasteiger partial charge in [-0.05, 0) is 77.0 Å². The number of carbonyl (C=O) groups is 1. The maximum Gasteiger partial charge on any atom is 0.176 e. The van der Waals surface area contributed by atoms with Gasteiger partial charge >= 0.3 is 0 Å². The number of aromatic nitrogens is 2. The highest BCUT2D eigenvalue weighted by Crippen LogP contribution is 2.21. The lowest BCUT2D eigenvalue weighted by molar-refractivity contribution is 0.101. The minimum absolute atomic E-state index is 0.0254. The molecule has 0 aliphatic carbocycles. The van der Waals surface area contributed by atoms with Crippen LogP contribution in [0.2, 0.25) is 5.02 Å². The number of Topliss-reactive ketones (excluding diaryl/α,β-unsaturated/α-hetero) is 1. The molecule has 0 radical (unpaired) electrons. The number of nitrogens with zero attached hydrogens (tertiary/aromatic N) is 2. The van der Waals surface area contributed by atoms with Crippen molar-refractivity contribution in [2.75, 3.05) is 10.6 Å². The van der Waals surface area contributed by atoms with Crippen LogP contribution in [0.5, 0.6) is 0 Å². The summed E-state index contributed by atoms with van der Waals surface area (Å²) in [6.45, 7) is 2.15. The highest BCUT2D eigenvalue weighted by molar-refractivity contribution is 9.10. The first kappa shape index (κ1) is 19.5. The molecule has 0 saturated carbocycles. The van der Waals surface area contributed by atoms with Crippen LogP contribution in [0.25, 0.3) is 0 Å². The van der Waals surface area contributed by atoms with Crippen molar-refractivity contribution >= 4 is 62.1 Å². The Morgan fingerprint density at radius 3 is 2.44 bits per heavy atom. The van der Waals surface area contributed by atoms with Gasteiger partial charge in [0.15, 0.2) is 16.7 Å². The number of thiocarbonyl (C=S) groups is 1. The minimum Gasteiger partial charge on any atom is -0.332 e. The average molecular weight is 464 g/mol. The topological polar surface area (TPSA) is 59.0 Å². The van der Waals surface area contributed by atoms with Gasteiger partial charge < -0.3 is 10.6 Å². The molecule has 0 spiro atoms. The lowest BCUT2D eigenvalue weighted by atomic mass is 10.1. The summed E-state index contributed by atoms with van der Waals surface area (Å²) in [6, 6.07) is 14.7. The van der Waals surface area contributed by atoms with E-state index in [4.69, 9.17) is 23.8 Å². The SMILES string of the molecule is CC(=O)c1ccc(NC(=S)Nc2nn(Cc3ccc(Cl)cc3)cc2Br)cc1. The largest absolute Gasteiger partial charge is 0.332 e. The molecule has 0 amide bonds. The van der Waals surface area contributed by atoms with Crippen LogP contribution in [0.15, 0.2) is 59.2 Å². The van der Waals surface area contributed by atoms with Crippen molar-refractivity contribution in [3.8, 4) is 0 Å². The molecule has 8 heteroatoms. The lowest BCUT2D eigenvalue weighted by Gasteiger charge is -2.09. The van der Waals surface area contributed by atoms with Gasteiger partial charge in [0.25, 0.3) is 0 Å². The summed E-state index contributed by atoms with van der Waals surface area (Å²) in [5.74, 6) is 0.638. The van der Waals surface area contributed by atoms with Crippen LogP contribution < -0.4 is 10.6 Å². The van der Waals surface area contributed by atoms with E-state index < -0.39 is 0 Å². The number of anilines is 2. The lowest BCUT2D eigenvalue weighted by Crippen LogP contribution is -2.19. The molecule has 138 valence electrons. The highest BCUT2D eigenvalue weighted by Gasteiger charge is 2.09. The van der Waals surface area contributed by atoms with E-state index in [0.717, 1.165) is 15.7 Å². The number of hydrogen-bond donors (Lipinski definition) is 2.